The number of nitro benzene ring substituents is 1. The first-order chi connectivity index (χ1) is 9.60. The summed E-state index contributed by atoms with van der Waals surface area (Å²) in [5.74, 6) is 0.669. The number of hydrogen-bond acceptors (Lipinski definition) is 5. The van der Waals surface area contributed by atoms with Gasteiger partial charge in [0.2, 0.25) is 0 Å². The number of nitrogens with zero attached hydrogens (tertiary/aromatic N) is 2. The monoisotopic (exact) mass is 293 g/mol. The van der Waals surface area contributed by atoms with Gasteiger partial charge in [0.05, 0.1) is 34.1 Å². The fourth-order valence-electron chi connectivity index (χ4n) is 1.59. The lowest BCUT2D eigenvalue weighted by molar-refractivity contribution is -0.384. The summed E-state index contributed by atoms with van der Waals surface area (Å²) in [4.78, 5) is 14.3. The van der Waals surface area contributed by atoms with Crippen molar-refractivity contribution in [1.82, 2.24) is 4.98 Å². The van der Waals surface area contributed by atoms with Crippen LogP contribution in [0.1, 0.15) is 6.92 Å². The third kappa shape index (κ3) is 3.36. The Morgan fingerprint density at radius 1 is 1.40 bits per heavy atom. The van der Waals surface area contributed by atoms with Gasteiger partial charge in [-0.25, -0.2) is 0 Å². The molecule has 0 atom stereocenters. The molecule has 0 unspecified atom stereocenters. The van der Waals surface area contributed by atoms with Crippen LogP contribution < -0.4 is 10.1 Å². The zero-order valence-corrected chi connectivity index (χ0v) is 11.4. The summed E-state index contributed by atoms with van der Waals surface area (Å²) in [6, 6.07) is 5.77. The molecule has 104 valence electrons. The average Bonchev–Trinajstić information content (AvgIpc) is 2.42. The van der Waals surface area contributed by atoms with Gasteiger partial charge in [-0.1, -0.05) is 11.6 Å². The van der Waals surface area contributed by atoms with Crippen molar-refractivity contribution >= 4 is 23.0 Å². The van der Waals surface area contributed by atoms with Gasteiger partial charge in [-0.3, -0.25) is 15.1 Å². The lowest BCUT2D eigenvalue weighted by Crippen LogP contribution is -1.97. The van der Waals surface area contributed by atoms with E-state index in [0.29, 0.717) is 10.8 Å². The molecule has 2 rings (SSSR count). The molecule has 1 aromatic heterocycles. The Morgan fingerprint density at radius 3 is 2.90 bits per heavy atom. The molecular weight excluding hydrogens is 282 g/mol. The van der Waals surface area contributed by atoms with Gasteiger partial charge >= 0.3 is 0 Å². The number of non-ortho nitro benzene ring substituents is 1. The van der Waals surface area contributed by atoms with Crippen molar-refractivity contribution < 1.29 is 9.66 Å². The Bertz CT molecular complexity index is 634. The molecule has 0 saturated carbocycles. The van der Waals surface area contributed by atoms with Gasteiger partial charge in [0.15, 0.2) is 5.75 Å². The second kappa shape index (κ2) is 6.21. The van der Waals surface area contributed by atoms with E-state index >= 15 is 0 Å². The number of halogens is 1. The van der Waals surface area contributed by atoms with E-state index in [0.717, 1.165) is 12.2 Å². The average molecular weight is 294 g/mol. The van der Waals surface area contributed by atoms with Crippen molar-refractivity contribution in [3.8, 4) is 11.5 Å². The standard InChI is InChI=1S/C13H12ClN3O3/c1-2-16-9-5-11(8-15-7-9)20-13-6-10(17(18)19)3-4-12(13)14/h3-8,16H,2H2,1H3. The van der Waals surface area contributed by atoms with E-state index < -0.39 is 4.92 Å². The fraction of sp³-hybridized carbons (Fsp3) is 0.154. The van der Waals surface area contributed by atoms with Crippen LogP contribution in [0.4, 0.5) is 11.4 Å². The lowest BCUT2D eigenvalue weighted by Gasteiger charge is -2.09. The van der Waals surface area contributed by atoms with Crippen molar-refractivity contribution in [1.29, 1.82) is 0 Å². The van der Waals surface area contributed by atoms with Crippen molar-refractivity contribution in [2.24, 2.45) is 0 Å². The van der Waals surface area contributed by atoms with E-state index in [-0.39, 0.29) is 11.4 Å². The first kappa shape index (κ1) is 14.1. The van der Waals surface area contributed by atoms with Crippen LogP contribution in [-0.4, -0.2) is 16.5 Å². The van der Waals surface area contributed by atoms with E-state index in [2.05, 4.69) is 10.3 Å². The second-order valence-corrected chi connectivity index (χ2v) is 4.32. The number of nitro groups is 1. The largest absolute Gasteiger partial charge is 0.454 e. The Hall–Kier alpha value is -2.34. The summed E-state index contributed by atoms with van der Waals surface area (Å²) in [5.41, 5.74) is 0.715. The number of hydrogen-bond donors (Lipinski definition) is 1. The third-order valence-corrected chi connectivity index (χ3v) is 2.76. The number of ether oxygens (including phenoxy) is 1. The number of nitrogens with one attached hydrogen (secondary N) is 1. The Labute approximate surface area is 120 Å². The number of pyridine rings is 1. The molecule has 0 aliphatic carbocycles. The van der Waals surface area contributed by atoms with Crippen molar-refractivity contribution in [2.75, 3.05) is 11.9 Å². The van der Waals surface area contributed by atoms with Crippen LogP contribution in [0.25, 0.3) is 0 Å². The highest BCUT2D eigenvalue weighted by Crippen LogP contribution is 2.33. The molecule has 1 heterocycles. The minimum Gasteiger partial charge on any atom is -0.454 e. The summed E-state index contributed by atoms with van der Waals surface area (Å²) in [6.07, 6.45) is 3.17. The van der Waals surface area contributed by atoms with Gasteiger partial charge in [-0.05, 0) is 13.0 Å². The molecule has 20 heavy (non-hydrogen) atoms. The second-order valence-electron chi connectivity index (χ2n) is 3.91. The number of benzene rings is 1. The fourth-order valence-corrected chi connectivity index (χ4v) is 1.74. The Balaban J connectivity index is 2.27. The van der Waals surface area contributed by atoms with Gasteiger partial charge < -0.3 is 10.1 Å². The van der Waals surface area contributed by atoms with Gasteiger partial charge in [0.1, 0.15) is 5.75 Å². The van der Waals surface area contributed by atoms with Crippen molar-refractivity contribution in [2.45, 2.75) is 6.92 Å². The van der Waals surface area contributed by atoms with Crippen LogP contribution in [0.2, 0.25) is 5.02 Å². The quantitative estimate of drug-likeness (QED) is 0.669. The van der Waals surface area contributed by atoms with E-state index in [1.54, 1.807) is 12.3 Å². The molecule has 6 nitrogen and oxygen atoms in total. The molecule has 1 aromatic carbocycles. The van der Waals surface area contributed by atoms with Gasteiger partial charge in [0, 0.05) is 18.7 Å². The van der Waals surface area contributed by atoms with Gasteiger partial charge in [0.25, 0.3) is 5.69 Å². The first-order valence-corrected chi connectivity index (χ1v) is 6.28. The molecular formula is C13H12ClN3O3. The maximum Gasteiger partial charge on any atom is 0.273 e. The summed E-state index contributed by atoms with van der Waals surface area (Å²) in [5, 5.41) is 14.1. The smallest absolute Gasteiger partial charge is 0.273 e. The predicted molar refractivity (Wildman–Crippen MR) is 76.6 cm³/mol. The predicted octanol–water partition coefficient (Wildman–Crippen LogP) is 3.87. The molecule has 0 radical (unpaired) electrons. The summed E-state index contributed by atoms with van der Waals surface area (Å²) in [7, 11) is 0. The zero-order chi connectivity index (χ0) is 14.5. The van der Waals surface area contributed by atoms with Crippen LogP contribution in [0, 0.1) is 10.1 Å². The summed E-state index contributed by atoms with van der Waals surface area (Å²) in [6.45, 7) is 2.72. The Kier molecular flexibility index (Phi) is 4.37. The van der Waals surface area contributed by atoms with Crippen LogP contribution in [0.3, 0.4) is 0 Å². The molecule has 0 saturated heterocycles. The molecule has 7 heteroatoms. The molecule has 0 aliphatic rings. The molecule has 1 N–H and O–H groups in total. The maximum atomic E-state index is 10.7. The van der Waals surface area contributed by atoms with Crippen molar-refractivity contribution in [3.63, 3.8) is 0 Å². The van der Waals surface area contributed by atoms with E-state index in [1.165, 1.54) is 24.4 Å². The molecule has 0 fully saturated rings. The highest BCUT2D eigenvalue weighted by Gasteiger charge is 2.11. The van der Waals surface area contributed by atoms with E-state index in [4.69, 9.17) is 16.3 Å². The lowest BCUT2D eigenvalue weighted by atomic mass is 10.3. The molecule has 2 aromatic rings. The molecule has 0 bridgehead atoms. The number of rotatable bonds is 5. The first-order valence-electron chi connectivity index (χ1n) is 5.91. The normalized spacial score (nSPS) is 10.1. The highest BCUT2D eigenvalue weighted by atomic mass is 35.5. The van der Waals surface area contributed by atoms with Gasteiger partial charge in [-0.15, -0.1) is 0 Å². The van der Waals surface area contributed by atoms with Crippen LogP contribution in [-0.2, 0) is 0 Å². The van der Waals surface area contributed by atoms with Crippen molar-refractivity contribution in [3.05, 3.63) is 51.8 Å². The van der Waals surface area contributed by atoms with Crippen LogP contribution in [0.5, 0.6) is 11.5 Å². The summed E-state index contributed by atoms with van der Waals surface area (Å²) >= 11 is 5.97. The van der Waals surface area contributed by atoms with E-state index in [9.17, 15) is 10.1 Å². The van der Waals surface area contributed by atoms with Gasteiger partial charge in [-0.2, -0.15) is 0 Å². The molecule has 0 aliphatic heterocycles. The highest BCUT2D eigenvalue weighted by molar-refractivity contribution is 6.32. The topological polar surface area (TPSA) is 77.3 Å². The maximum absolute atomic E-state index is 10.7. The molecule has 0 spiro atoms. The SMILES string of the molecule is CCNc1cncc(Oc2cc([N+](=O)[O-])ccc2Cl)c1. The van der Waals surface area contributed by atoms with Crippen LogP contribution >= 0.6 is 11.6 Å². The molecule has 0 amide bonds. The van der Waals surface area contributed by atoms with E-state index in [1.807, 2.05) is 6.92 Å². The minimum atomic E-state index is -0.503. The Morgan fingerprint density at radius 2 is 2.20 bits per heavy atom. The summed E-state index contributed by atoms with van der Waals surface area (Å²) < 4.78 is 5.55. The third-order valence-electron chi connectivity index (χ3n) is 2.45. The number of anilines is 1. The minimum absolute atomic E-state index is 0.0832. The zero-order valence-electron chi connectivity index (χ0n) is 10.7. The number of aromatic nitrogens is 1. The van der Waals surface area contributed by atoms with Crippen LogP contribution in [0.15, 0.2) is 36.7 Å².